The maximum atomic E-state index is 11.9. The van der Waals surface area contributed by atoms with Gasteiger partial charge in [0.05, 0.1) is 17.3 Å². The molecule has 0 atom stereocenters. The molecule has 0 unspecified atom stereocenters. The van der Waals surface area contributed by atoms with Gasteiger partial charge in [0, 0.05) is 18.3 Å². The van der Waals surface area contributed by atoms with Gasteiger partial charge in [-0.05, 0) is 35.9 Å². The van der Waals surface area contributed by atoms with Gasteiger partial charge in [-0.2, -0.15) is 0 Å². The third kappa shape index (κ3) is 5.67. The van der Waals surface area contributed by atoms with Gasteiger partial charge < -0.3 is 19.8 Å². The number of nitrogens with zero attached hydrogens (tertiary/aromatic N) is 1. The van der Waals surface area contributed by atoms with Crippen molar-refractivity contribution in [1.29, 1.82) is 0 Å². The highest BCUT2D eigenvalue weighted by Crippen LogP contribution is 2.19. The van der Waals surface area contributed by atoms with Crippen molar-refractivity contribution >= 4 is 23.2 Å². The molecule has 148 valence electrons. The minimum absolute atomic E-state index is 0.109. The van der Waals surface area contributed by atoms with E-state index in [1.165, 1.54) is 30.5 Å². The molecule has 0 aliphatic heterocycles. The monoisotopic (exact) mass is 395 g/mol. The van der Waals surface area contributed by atoms with Crippen LogP contribution < -0.4 is 15.4 Å². The van der Waals surface area contributed by atoms with Crippen LogP contribution in [0.2, 0.25) is 0 Å². The van der Waals surface area contributed by atoms with Crippen LogP contribution in [0.1, 0.15) is 16.1 Å². The Labute approximate surface area is 165 Å². The molecule has 0 aliphatic carbocycles. The molecule has 3 rings (SSSR count). The Morgan fingerprint density at radius 2 is 1.86 bits per heavy atom. The van der Waals surface area contributed by atoms with Gasteiger partial charge in [-0.25, -0.2) is 0 Å². The van der Waals surface area contributed by atoms with E-state index in [2.05, 4.69) is 10.6 Å². The summed E-state index contributed by atoms with van der Waals surface area (Å²) >= 11 is 0. The Hall–Kier alpha value is -4.14. The molecule has 9 nitrogen and oxygen atoms in total. The van der Waals surface area contributed by atoms with Crippen molar-refractivity contribution in [3.05, 3.63) is 88.4 Å². The van der Waals surface area contributed by atoms with Crippen molar-refractivity contribution < 1.29 is 23.7 Å². The van der Waals surface area contributed by atoms with E-state index in [1.807, 2.05) is 0 Å². The maximum absolute atomic E-state index is 11.9. The van der Waals surface area contributed by atoms with Gasteiger partial charge in [0.2, 0.25) is 0 Å². The van der Waals surface area contributed by atoms with Crippen molar-refractivity contribution in [2.24, 2.45) is 0 Å². The molecular formula is C20H17N3O6. The summed E-state index contributed by atoms with van der Waals surface area (Å²) in [5.41, 5.74) is 1.31. The van der Waals surface area contributed by atoms with Crippen LogP contribution in [0.5, 0.6) is 5.75 Å². The molecule has 0 fully saturated rings. The van der Waals surface area contributed by atoms with Crippen LogP contribution in [0.25, 0.3) is 0 Å². The molecule has 2 aromatic carbocycles. The second kappa shape index (κ2) is 9.18. The number of nitrogens with one attached hydrogen (secondary N) is 2. The summed E-state index contributed by atoms with van der Waals surface area (Å²) in [5, 5.41) is 16.1. The summed E-state index contributed by atoms with van der Waals surface area (Å²) in [5.74, 6) is -0.267. The molecule has 2 amide bonds. The Morgan fingerprint density at radius 3 is 2.55 bits per heavy atom. The van der Waals surface area contributed by atoms with E-state index in [0.717, 1.165) is 5.56 Å². The van der Waals surface area contributed by atoms with Gasteiger partial charge in [0.15, 0.2) is 12.4 Å². The van der Waals surface area contributed by atoms with Crippen LogP contribution in [0.4, 0.5) is 11.4 Å². The molecule has 0 saturated carbocycles. The van der Waals surface area contributed by atoms with E-state index in [-0.39, 0.29) is 42.2 Å². The van der Waals surface area contributed by atoms with Gasteiger partial charge in [0.1, 0.15) is 5.75 Å². The van der Waals surface area contributed by atoms with E-state index in [9.17, 15) is 19.7 Å². The Balaban J connectivity index is 1.44. The second-order valence-corrected chi connectivity index (χ2v) is 5.95. The number of nitro groups is 1. The molecule has 0 spiro atoms. The first-order chi connectivity index (χ1) is 14.0. The number of benzene rings is 2. The number of carbonyl (C=O) groups excluding carboxylic acids is 2. The predicted octanol–water partition coefficient (Wildman–Crippen LogP) is 3.14. The highest BCUT2D eigenvalue weighted by molar-refractivity contribution is 6.02. The topological polar surface area (TPSA) is 124 Å². The lowest BCUT2D eigenvalue weighted by atomic mass is 10.2. The summed E-state index contributed by atoms with van der Waals surface area (Å²) in [6.45, 7) is 0.00198. The number of rotatable bonds is 8. The minimum Gasteiger partial charge on any atom is -0.484 e. The highest BCUT2D eigenvalue weighted by Gasteiger charge is 2.10. The van der Waals surface area contributed by atoms with Gasteiger partial charge >= 0.3 is 0 Å². The van der Waals surface area contributed by atoms with Crippen LogP contribution >= 0.6 is 0 Å². The van der Waals surface area contributed by atoms with E-state index in [0.29, 0.717) is 5.69 Å². The fourth-order valence-electron chi connectivity index (χ4n) is 2.39. The molecule has 9 heteroatoms. The molecule has 29 heavy (non-hydrogen) atoms. The average Bonchev–Trinajstić information content (AvgIpc) is 3.27. The van der Waals surface area contributed by atoms with Crippen molar-refractivity contribution in [2.45, 2.75) is 6.54 Å². The number of carbonyl (C=O) groups is 2. The molecule has 0 aliphatic rings. The van der Waals surface area contributed by atoms with Gasteiger partial charge in [-0.1, -0.05) is 18.2 Å². The number of anilines is 1. The lowest BCUT2D eigenvalue weighted by Crippen LogP contribution is -2.28. The van der Waals surface area contributed by atoms with Crippen LogP contribution in [0, 0.1) is 10.1 Å². The molecular weight excluding hydrogens is 378 g/mol. The van der Waals surface area contributed by atoms with Gasteiger partial charge in [0.25, 0.3) is 17.5 Å². The zero-order valence-electron chi connectivity index (χ0n) is 15.2. The maximum Gasteiger partial charge on any atom is 0.291 e. The fraction of sp³-hybridized carbons (Fsp3) is 0.100. The molecule has 3 aromatic rings. The number of ether oxygens (including phenoxy) is 1. The number of amides is 2. The molecule has 1 heterocycles. The number of hydrogen-bond donors (Lipinski definition) is 2. The minimum atomic E-state index is -0.534. The summed E-state index contributed by atoms with van der Waals surface area (Å²) in [6.07, 6.45) is 1.42. The standard InChI is InChI=1S/C20H17N3O6/c24-19(13-29-17-4-1-3-16(11-17)23(26)27)21-12-14-6-8-15(9-7-14)22-20(25)18-5-2-10-28-18/h1-11H,12-13H2,(H,21,24)(H,22,25). The Morgan fingerprint density at radius 1 is 1.07 bits per heavy atom. The summed E-state index contributed by atoms with van der Waals surface area (Å²) in [7, 11) is 0. The molecule has 2 N–H and O–H groups in total. The summed E-state index contributed by atoms with van der Waals surface area (Å²) < 4.78 is 10.3. The van der Waals surface area contributed by atoms with E-state index in [1.54, 1.807) is 36.4 Å². The summed E-state index contributed by atoms with van der Waals surface area (Å²) in [4.78, 5) is 34.0. The van der Waals surface area contributed by atoms with Gasteiger partial charge in [-0.15, -0.1) is 0 Å². The van der Waals surface area contributed by atoms with E-state index >= 15 is 0 Å². The van der Waals surface area contributed by atoms with Gasteiger partial charge in [-0.3, -0.25) is 19.7 Å². The summed E-state index contributed by atoms with van der Waals surface area (Å²) in [6, 6.07) is 15.8. The van der Waals surface area contributed by atoms with Crippen LogP contribution in [0.15, 0.2) is 71.3 Å². The van der Waals surface area contributed by atoms with E-state index < -0.39 is 4.92 Å². The van der Waals surface area contributed by atoms with Crippen molar-refractivity contribution in [3.63, 3.8) is 0 Å². The lowest BCUT2D eigenvalue weighted by molar-refractivity contribution is -0.384. The van der Waals surface area contributed by atoms with Crippen molar-refractivity contribution in [1.82, 2.24) is 5.32 Å². The van der Waals surface area contributed by atoms with Crippen LogP contribution in [0.3, 0.4) is 0 Å². The zero-order chi connectivity index (χ0) is 20.6. The first-order valence-electron chi connectivity index (χ1n) is 8.59. The second-order valence-electron chi connectivity index (χ2n) is 5.95. The smallest absolute Gasteiger partial charge is 0.291 e. The largest absolute Gasteiger partial charge is 0.484 e. The van der Waals surface area contributed by atoms with E-state index in [4.69, 9.17) is 9.15 Å². The first kappa shape index (κ1) is 19.6. The number of hydrogen-bond acceptors (Lipinski definition) is 6. The normalized spacial score (nSPS) is 10.2. The average molecular weight is 395 g/mol. The van der Waals surface area contributed by atoms with Crippen LogP contribution in [-0.4, -0.2) is 23.3 Å². The predicted molar refractivity (Wildman–Crippen MR) is 104 cm³/mol. The third-order valence-electron chi connectivity index (χ3n) is 3.84. The molecule has 1 aromatic heterocycles. The number of furan rings is 1. The molecule has 0 bridgehead atoms. The van der Waals surface area contributed by atoms with Crippen LogP contribution in [-0.2, 0) is 11.3 Å². The quantitative estimate of drug-likeness (QED) is 0.446. The number of non-ortho nitro benzene ring substituents is 1. The molecule has 0 radical (unpaired) electrons. The van der Waals surface area contributed by atoms with Crippen molar-refractivity contribution in [2.75, 3.05) is 11.9 Å². The lowest BCUT2D eigenvalue weighted by Gasteiger charge is -2.08. The molecule has 0 saturated heterocycles. The Bertz CT molecular complexity index is 999. The third-order valence-corrected chi connectivity index (χ3v) is 3.84. The SMILES string of the molecule is O=C(COc1cccc([N+](=O)[O-])c1)NCc1ccc(NC(=O)c2ccco2)cc1. The zero-order valence-corrected chi connectivity index (χ0v) is 15.2. The first-order valence-corrected chi connectivity index (χ1v) is 8.59. The number of nitro benzene ring substituents is 1. The highest BCUT2D eigenvalue weighted by atomic mass is 16.6. The fourth-order valence-corrected chi connectivity index (χ4v) is 2.39. The Kier molecular flexibility index (Phi) is 6.21. The van der Waals surface area contributed by atoms with Crippen molar-refractivity contribution in [3.8, 4) is 5.75 Å².